The second-order valence-electron chi connectivity index (χ2n) is 10.2. The van der Waals surface area contributed by atoms with Crippen LogP contribution in [-0.2, 0) is 20.7 Å². The van der Waals surface area contributed by atoms with Gasteiger partial charge in [-0.15, -0.1) is 0 Å². The quantitative estimate of drug-likeness (QED) is 0.235. The lowest BCUT2D eigenvalue weighted by Crippen LogP contribution is -2.53. The molecule has 12 nitrogen and oxygen atoms in total. The first kappa shape index (κ1) is 27.2. The van der Waals surface area contributed by atoms with Gasteiger partial charge in [-0.2, -0.15) is 0 Å². The van der Waals surface area contributed by atoms with E-state index in [-0.39, 0.29) is 34.4 Å². The minimum atomic E-state index is -2.24. The molecule has 7 N–H and O–H groups in total. The summed E-state index contributed by atoms with van der Waals surface area (Å²) < 4.78 is 17.0. The summed E-state index contributed by atoms with van der Waals surface area (Å²) in [7, 11) is 1.32. The van der Waals surface area contributed by atoms with Crippen LogP contribution in [0.25, 0.3) is 0 Å². The highest BCUT2D eigenvalue weighted by atomic mass is 16.7. The Kier molecular flexibility index (Phi) is 6.74. The van der Waals surface area contributed by atoms with Gasteiger partial charge in [-0.25, -0.2) is 0 Å². The highest BCUT2D eigenvalue weighted by molar-refractivity contribution is 6.31. The molecule has 1 heterocycles. The Morgan fingerprint density at radius 1 is 1.15 bits per heavy atom. The summed E-state index contributed by atoms with van der Waals surface area (Å²) in [6.45, 7) is 0.560. The molecule has 0 bridgehead atoms. The number of hydrogen-bond donors (Lipinski definition) is 6. The number of aliphatic hydroxyl groups is 3. The number of ether oxygens (including phenoxy) is 3. The van der Waals surface area contributed by atoms with E-state index in [0.29, 0.717) is 0 Å². The maximum atomic E-state index is 13.6. The summed E-state index contributed by atoms with van der Waals surface area (Å²) in [4.78, 5) is 39.7. The number of carbonyl (C=O) groups excluding carboxylic acids is 3. The number of nitrogens with two attached hydrogens (primary N) is 1. The molecule has 0 saturated carbocycles. The number of phenolic OH excluding ortho intramolecular Hbond substituents is 2. The van der Waals surface area contributed by atoms with Gasteiger partial charge in [-0.3, -0.25) is 14.4 Å². The van der Waals surface area contributed by atoms with Crippen molar-refractivity contribution < 1.29 is 54.1 Å². The molecule has 0 amide bonds. The van der Waals surface area contributed by atoms with Crippen LogP contribution < -0.4 is 10.5 Å². The molecule has 12 heteroatoms. The van der Waals surface area contributed by atoms with Gasteiger partial charge in [0.05, 0.1) is 42.1 Å². The van der Waals surface area contributed by atoms with E-state index in [1.807, 2.05) is 0 Å². The standard InChI is InChI=1S/C27H29NO11/c1-10-22(31)13(28)6-17(38-10)39-15-8-27(36,16(30)9-29)7-12-19(15)26(35)21-20(24(12)33)23(32)11-4-3-5-14(37-2)18(11)25(21)34/h3-5,10,13,15,17,22,29,31,33,35-36H,6-9,28H2,1-2H3/t10-,13-,15+,17?,22+,27+/m0/s1. The van der Waals surface area contributed by atoms with E-state index in [1.165, 1.54) is 25.3 Å². The third kappa shape index (κ3) is 4.11. The van der Waals surface area contributed by atoms with Crippen LogP contribution in [0.1, 0.15) is 68.8 Å². The molecule has 2 aromatic carbocycles. The zero-order chi connectivity index (χ0) is 28.4. The van der Waals surface area contributed by atoms with E-state index in [9.17, 15) is 39.9 Å². The second-order valence-corrected chi connectivity index (χ2v) is 10.2. The largest absolute Gasteiger partial charge is 0.507 e. The molecule has 39 heavy (non-hydrogen) atoms. The summed E-state index contributed by atoms with van der Waals surface area (Å²) in [6, 6.07) is 3.64. The number of aliphatic hydroxyl groups excluding tert-OH is 2. The van der Waals surface area contributed by atoms with Gasteiger partial charge >= 0.3 is 0 Å². The number of carbonyl (C=O) groups is 3. The zero-order valence-corrected chi connectivity index (χ0v) is 21.2. The van der Waals surface area contributed by atoms with Crippen LogP contribution in [0.4, 0.5) is 0 Å². The summed E-state index contributed by atoms with van der Waals surface area (Å²) in [5.41, 5.74) is 2.37. The highest BCUT2D eigenvalue weighted by Crippen LogP contribution is 2.52. The lowest BCUT2D eigenvalue weighted by molar-refractivity contribution is -0.247. The van der Waals surface area contributed by atoms with Gasteiger partial charge in [0.15, 0.2) is 17.9 Å². The number of hydrogen-bond acceptors (Lipinski definition) is 12. The molecule has 1 aliphatic heterocycles. The predicted octanol–water partition coefficient (Wildman–Crippen LogP) is 0.00130. The molecule has 1 saturated heterocycles. The molecule has 2 aliphatic carbocycles. The van der Waals surface area contributed by atoms with E-state index in [2.05, 4.69) is 0 Å². The van der Waals surface area contributed by atoms with Crippen molar-refractivity contribution in [3.05, 3.63) is 51.6 Å². The first-order valence-corrected chi connectivity index (χ1v) is 12.4. The van der Waals surface area contributed by atoms with Crippen LogP contribution in [0.2, 0.25) is 0 Å². The Hall–Kier alpha value is -3.39. The molecule has 3 aliphatic rings. The molecule has 2 aromatic rings. The lowest BCUT2D eigenvalue weighted by atomic mass is 9.72. The highest BCUT2D eigenvalue weighted by Gasteiger charge is 2.50. The van der Waals surface area contributed by atoms with Gasteiger partial charge in [0.2, 0.25) is 5.78 Å². The van der Waals surface area contributed by atoms with Crippen molar-refractivity contribution >= 4 is 17.3 Å². The van der Waals surface area contributed by atoms with Crippen molar-refractivity contribution in [3.63, 3.8) is 0 Å². The maximum Gasteiger partial charge on any atom is 0.202 e. The molecule has 208 valence electrons. The minimum Gasteiger partial charge on any atom is -0.507 e. The van der Waals surface area contributed by atoms with Gasteiger partial charge < -0.3 is 45.5 Å². The first-order chi connectivity index (χ1) is 18.4. The fraction of sp³-hybridized carbons (Fsp3) is 0.444. The average Bonchev–Trinajstić information content (AvgIpc) is 2.90. The number of phenols is 2. The number of aromatic hydroxyl groups is 2. The van der Waals surface area contributed by atoms with Crippen molar-refractivity contribution in [1.29, 1.82) is 0 Å². The number of rotatable bonds is 5. The summed E-state index contributed by atoms with van der Waals surface area (Å²) >= 11 is 0. The van der Waals surface area contributed by atoms with Crippen LogP contribution in [0.15, 0.2) is 18.2 Å². The smallest absolute Gasteiger partial charge is 0.202 e. The monoisotopic (exact) mass is 543 g/mol. The fourth-order valence-electron chi connectivity index (χ4n) is 5.75. The van der Waals surface area contributed by atoms with Crippen LogP contribution in [-0.4, -0.2) is 86.7 Å². The Morgan fingerprint density at radius 3 is 2.49 bits per heavy atom. The van der Waals surface area contributed by atoms with E-state index in [0.717, 1.165) is 0 Å². The number of ketones is 3. The number of Topliss-reactive ketones (excluding diaryl/α,β-unsaturated/α-hetero) is 1. The molecule has 0 aromatic heterocycles. The van der Waals surface area contributed by atoms with Crippen molar-refractivity contribution in [1.82, 2.24) is 0 Å². The molecule has 1 unspecified atom stereocenters. The Balaban J connectivity index is 1.69. The van der Waals surface area contributed by atoms with Crippen LogP contribution in [0.5, 0.6) is 17.2 Å². The molecule has 0 radical (unpaired) electrons. The maximum absolute atomic E-state index is 13.6. The van der Waals surface area contributed by atoms with Gasteiger partial charge in [0.25, 0.3) is 0 Å². The van der Waals surface area contributed by atoms with Crippen LogP contribution in [0, 0.1) is 0 Å². The van der Waals surface area contributed by atoms with Crippen LogP contribution >= 0.6 is 0 Å². The minimum absolute atomic E-state index is 0.0173. The molecule has 6 atom stereocenters. The number of methoxy groups -OCH3 is 1. The number of fused-ring (bicyclic) bond motifs is 3. The summed E-state index contributed by atoms with van der Waals surface area (Å²) in [6.07, 6.45) is -5.12. The topological polar surface area (TPSA) is 206 Å². The van der Waals surface area contributed by atoms with E-state index in [4.69, 9.17) is 19.9 Å². The van der Waals surface area contributed by atoms with E-state index < -0.39 is 95.7 Å². The lowest BCUT2D eigenvalue weighted by Gasteiger charge is -2.42. The Bertz CT molecular complexity index is 1380. The normalized spacial score (nSPS) is 29.8. The third-order valence-corrected chi connectivity index (χ3v) is 7.81. The molecule has 1 fully saturated rings. The summed E-state index contributed by atoms with van der Waals surface area (Å²) in [5.74, 6) is -3.77. The van der Waals surface area contributed by atoms with Crippen molar-refractivity contribution in [3.8, 4) is 17.2 Å². The SMILES string of the molecule is COc1cccc2c1C(=O)c1c(O)c3c(c(O)c1C2=O)C[C@](O)(C(=O)CO)C[C@H]3OC1C[C@H](N)[C@H](O)[C@H](C)O1. The molecular weight excluding hydrogens is 514 g/mol. The fourth-order valence-corrected chi connectivity index (χ4v) is 5.75. The third-order valence-electron chi connectivity index (χ3n) is 7.81. The van der Waals surface area contributed by atoms with Gasteiger partial charge in [-0.05, 0) is 13.0 Å². The predicted molar refractivity (Wildman–Crippen MR) is 132 cm³/mol. The first-order valence-electron chi connectivity index (χ1n) is 12.4. The number of benzene rings is 2. The second kappa shape index (κ2) is 9.66. The summed E-state index contributed by atoms with van der Waals surface area (Å²) in [5, 5.41) is 53.7. The van der Waals surface area contributed by atoms with Gasteiger partial charge in [0, 0.05) is 42.0 Å². The molecular formula is C27H29NO11. The van der Waals surface area contributed by atoms with E-state index in [1.54, 1.807) is 6.92 Å². The molecule has 0 spiro atoms. The zero-order valence-electron chi connectivity index (χ0n) is 21.2. The van der Waals surface area contributed by atoms with Crippen molar-refractivity contribution in [2.75, 3.05) is 13.7 Å². The van der Waals surface area contributed by atoms with E-state index >= 15 is 0 Å². The van der Waals surface area contributed by atoms with Gasteiger partial charge in [0.1, 0.15) is 29.5 Å². The van der Waals surface area contributed by atoms with Crippen molar-refractivity contribution in [2.24, 2.45) is 5.73 Å². The average molecular weight is 544 g/mol. The Morgan fingerprint density at radius 2 is 1.85 bits per heavy atom. The van der Waals surface area contributed by atoms with Gasteiger partial charge in [-0.1, -0.05) is 12.1 Å². The Labute approximate surface area is 222 Å². The molecule has 5 rings (SSSR count). The van der Waals surface area contributed by atoms with Crippen molar-refractivity contribution in [2.45, 2.75) is 62.4 Å². The van der Waals surface area contributed by atoms with Crippen LogP contribution in [0.3, 0.4) is 0 Å².